The quantitative estimate of drug-likeness (QED) is 0.0107. The molecule has 1 unspecified atom stereocenters. The molecule has 5 fully saturated rings. The summed E-state index contributed by atoms with van der Waals surface area (Å²) in [6.07, 6.45) is -29.6. The van der Waals surface area contributed by atoms with Crippen molar-refractivity contribution in [2.75, 3.05) is 39.5 Å². The van der Waals surface area contributed by atoms with Crippen LogP contribution in [0, 0.1) is 5.41 Å². The highest BCUT2D eigenvalue weighted by Crippen LogP contribution is 2.42. The van der Waals surface area contributed by atoms with Gasteiger partial charge in [0.25, 0.3) is 0 Å². The van der Waals surface area contributed by atoms with Crippen molar-refractivity contribution in [2.24, 2.45) is 5.41 Å². The molecule has 5 amide bonds. The van der Waals surface area contributed by atoms with Gasteiger partial charge in [-0.3, -0.25) is 0 Å². The second-order valence-corrected chi connectivity index (χ2v) is 36.6. The van der Waals surface area contributed by atoms with E-state index >= 15 is 0 Å². The number of nitrogens with one attached hydrogen (secondary N) is 6. The van der Waals surface area contributed by atoms with Crippen LogP contribution in [0.4, 0.5) is 24.0 Å². The summed E-state index contributed by atoms with van der Waals surface area (Å²) in [5.41, 5.74) is 3.81. The number of alkyl carbamates (subject to hydrolysis) is 5. The monoisotopic (exact) mass is 1610 g/mol. The van der Waals surface area contributed by atoms with Gasteiger partial charge >= 0.3 is 30.5 Å². The summed E-state index contributed by atoms with van der Waals surface area (Å²) in [7, 11) is -2.80. The van der Waals surface area contributed by atoms with Crippen molar-refractivity contribution in [2.45, 2.75) is 228 Å². The molecule has 0 spiro atoms. The number of rotatable bonds is 32. The third kappa shape index (κ3) is 25.2. The molecule has 4 heterocycles. The number of ether oxygens (including phenoxy) is 14. The normalized spacial score (nSPS) is 28.2. The van der Waals surface area contributed by atoms with Gasteiger partial charge < -0.3 is 123 Å². The molecule has 0 radical (unpaired) electrons. The smallest absolute Gasteiger partial charge is 0.407 e. The number of fused-ring (bicyclic) bond motifs is 1. The molecule has 31 heteroatoms. The van der Waals surface area contributed by atoms with E-state index in [1.54, 1.807) is 164 Å². The second-order valence-electron chi connectivity index (χ2n) is 31.8. The molecule has 20 atom stereocenters. The molecule has 624 valence electrons. The van der Waals surface area contributed by atoms with Gasteiger partial charge in [0.2, 0.25) is 0 Å². The number of hydrogen-bond acceptors (Lipinski definition) is 25. The number of aliphatic hydroxyl groups is 4. The van der Waals surface area contributed by atoms with Gasteiger partial charge in [0, 0.05) is 18.7 Å². The Morgan fingerprint density at radius 2 is 0.887 bits per heavy atom. The van der Waals surface area contributed by atoms with Gasteiger partial charge in [0.15, 0.2) is 33.5 Å². The van der Waals surface area contributed by atoms with E-state index in [0.717, 1.165) is 6.42 Å². The predicted octanol–water partition coefficient (Wildman–Crippen LogP) is 8.82. The maximum absolute atomic E-state index is 14.7. The van der Waals surface area contributed by atoms with Gasteiger partial charge in [-0.15, -0.1) is 0 Å². The summed E-state index contributed by atoms with van der Waals surface area (Å²) in [6, 6.07) is 47.4. The van der Waals surface area contributed by atoms with Crippen molar-refractivity contribution in [3.63, 3.8) is 0 Å². The van der Waals surface area contributed by atoms with Crippen molar-refractivity contribution in [3.8, 4) is 0 Å². The fraction of sp³-hybridized carbons (Fsp3) is 0.512. The Morgan fingerprint density at radius 1 is 0.452 bits per heavy atom. The summed E-state index contributed by atoms with van der Waals surface area (Å²) >= 11 is 0. The van der Waals surface area contributed by atoms with Crippen molar-refractivity contribution < 1.29 is 115 Å². The zero-order chi connectivity index (χ0) is 81.7. The average Bonchev–Trinajstić information content (AvgIpc) is 1.74. The molecule has 6 aromatic carbocycles. The number of carbonyl (C=O) groups is 5. The molecule has 4 aliphatic heterocycles. The lowest BCUT2D eigenvalue weighted by molar-refractivity contribution is -0.358. The Kier molecular flexibility index (Phi) is 31.4. The van der Waals surface area contributed by atoms with Gasteiger partial charge in [0.05, 0.1) is 31.9 Å². The van der Waals surface area contributed by atoms with E-state index in [9.17, 15) is 44.4 Å². The summed E-state index contributed by atoms with van der Waals surface area (Å²) in [5, 5.41) is 67.5. The summed E-state index contributed by atoms with van der Waals surface area (Å²) in [5.74, 6) is 0. The van der Waals surface area contributed by atoms with Crippen LogP contribution in [0.1, 0.15) is 94.1 Å². The molecular weight excluding hydrogens is 1510 g/mol. The Labute approximate surface area is 671 Å². The maximum Gasteiger partial charge on any atom is 0.407 e. The van der Waals surface area contributed by atoms with E-state index < -0.39 is 173 Å². The van der Waals surface area contributed by atoms with E-state index in [0.29, 0.717) is 39.9 Å². The fourth-order valence-electron chi connectivity index (χ4n) is 13.5. The molecule has 10 N–H and O–H groups in total. The molecule has 11 rings (SSSR count). The molecular formula is C84H110N6O24Si. The SMILES string of the molecule is CC(C)(C)CCNCCO[C@H]1[C@H](O[C@@H]2[C@@H](O)[C@H](NC(=O)OCc3ccccc3)C[C@H](NC(=O)OCc3ccccc3)[C@H]2O[C@H]2O[C@@H]3COC(c4ccccc4)O[C@H]3[C@H](O)[C@H]2NC(=O)OCc2ccccc2)O[C@H](CO[Si](C)(C)C(C)(C)C)[C@H]1O[C@H]1O[C@@H](CNC(=O)OCc2ccccc2)[C@@H](O)[C@H](O)[C@H]1NC(=O)OCc1ccccc1. The second kappa shape index (κ2) is 41.4. The first kappa shape index (κ1) is 87.1. The molecule has 1 saturated carbocycles. The van der Waals surface area contributed by atoms with Gasteiger partial charge in [-0.05, 0) is 70.8 Å². The van der Waals surface area contributed by atoms with Crippen LogP contribution in [0.25, 0.3) is 0 Å². The molecule has 5 aliphatic rings. The Hall–Kier alpha value is -8.71. The Balaban J connectivity index is 0.993. The van der Waals surface area contributed by atoms with Crippen LogP contribution in [-0.2, 0) is 104 Å². The van der Waals surface area contributed by atoms with Crippen LogP contribution < -0.4 is 31.9 Å². The standard InChI is InChI=1S/C84H110N6O24Si/c1-83(2,3)39-40-85-41-42-100-73-71(113-75-63(89-81(98)105-48-55-33-21-12-22-34-55)67(93)66(92)60(108-75)44-86-78(95)102-45-52-27-15-9-16-28-52)62(51-107-115(7,8)84(4,5)6)110-77(73)114-72-65(91)58(87-79(96)103-46-53-29-17-10-18-30-53)43-59(88-80(97)104-47-54-31-19-11-20-32-54)69(72)111-76-64(90-82(99)106-49-56-35-23-13-24-36-56)68(94)70-61(109-76)50-101-74(112-70)57-37-25-14-26-38-57/h9-38,58-77,85,91-94H,39-51H2,1-8H3,(H,86,95)(H,87,96)(H,88,97)(H,89,98)(H,90,99)/t58-,59+,60+,61-,62-,63-,64-,65+,66-,67-,68-,69-,70-,71-,72-,73-,74?,75-,76-,77+/m1/s1. The van der Waals surface area contributed by atoms with E-state index in [1.807, 2.05) is 52.1 Å². The lowest BCUT2D eigenvalue weighted by Crippen LogP contribution is -2.71. The van der Waals surface area contributed by atoms with Crippen LogP contribution in [0.15, 0.2) is 182 Å². The first-order chi connectivity index (χ1) is 55.2. The average molecular weight is 1620 g/mol. The number of aliphatic hydroxyl groups excluding tert-OH is 4. The van der Waals surface area contributed by atoms with E-state index in [4.69, 9.17) is 70.7 Å². The summed E-state index contributed by atoms with van der Waals surface area (Å²) in [4.78, 5) is 70.9. The van der Waals surface area contributed by atoms with E-state index in [-0.39, 0.29) is 71.2 Å². The largest absolute Gasteiger partial charge is 0.445 e. The van der Waals surface area contributed by atoms with Gasteiger partial charge in [-0.1, -0.05) is 224 Å². The zero-order valence-electron chi connectivity index (χ0n) is 66.0. The topological polar surface area (TPSA) is 377 Å². The molecule has 6 aromatic rings. The van der Waals surface area contributed by atoms with Crippen molar-refractivity contribution in [1.29, 1.82) is 0 Å². The molecule has 0 bridgehead atoms. The molecule has 0 aromatic heterocycles. The van der Waals surface area contributed by atoms with Crippen LogP contribution in [0.5, 0.6) is 0 Å². The highest BCUT2D eigenvalue weighted by molar-refractivity contribution is 6.74. The molecule has 1 aliphatic carbocycles. The Bertz CT molecular complexity index is 3980. The van der Waals surface area contributed by atoms with Crippen molar-refractivity contribution in [1.82, 2.24) is 31.9 Å². The van der Waals surface area contributed by atoms with Gasteiger partial charge in [0.1, 0.15) is 118 Å². The third-order valence-electron chi connectivity index (χ3n) is 21.0. The van der Waals surface area contributed by atoms with Crippen LogP contribution in [0.2, 0.25) is 18.1 Å². The molecule has 115 heavy (non-hydrogen) atoms. The zero-order valence-corrected chi connectivity index (χ0v) is 67.0. The predicted molar refractivity (Wildman–Crippen MR) is 418 cm³/mol. The first-order valence-electron chi connectivity index (χ1n) is 39.0. The minimum absolute atomic E-state index is 0.0569. The number of amides is 5. The molecule has 30 nitrogen and oxygen atoms in total. The lowest BCUT2D eigenvalue weighted by atomic mass is 9.83. The number of hydrogen-bond donors (Lipinski definition) is 10. The van der Waals surface area contributed by atoms with Gasteiger partial charge in [-0.2, -0.15) is 0 Å². The number of carbonyl (C=O) groups excluding carboxylic acids is 5. The lowest BCUT2D eigenvalue weighted by Gasteiger charge is -2.51. The van der Waals surface area contributed by atoms with Crippen molar-refractivity contribution >= 4 is 38.8 Å². The maximum atomic E-state index is 14.7. The first-order valence-corrected chi connectivity index (χ1v) is 41.9. The van der Waals surface area contributed by atoms with Crippen molar-refractivity contribution in [3.05, 3.63) is 215 Å². The summed E-state index contributed by atoms with van der Waals surface area (Å²) in [6.45, 7) is 15.4. The van der Waals surface area contributed by atoms with Crippen LogP contribution >= 0.6 is 0 Å². The minimum atomic E-state index is -2.80. The van der Waals surface area contributed by atoms with Gasteiger partial charge in [-0.25, -0.2) is 24.0 Å². The highest BCUT2D eigenvalue weighted by atomic mass is 28.4. The third-order valence-corrected chi connectivity index (χ3v) is 25.5. The highest BCUT2D eigenvalue weighted by Gasteiger charge is 2.59. The van der Waals surface area contributed by atoms with Crippen LogP contribution in [0.3, 0.4) is 0 Å². The van der Waals surface area contributed by atoms with E-state index in [1.165, 1.54) is 0 Å². The minimum Gasteiger partial charge on any atom is -0.445 e. The Morgan fingerprint density at radius 3 is 1.38 bits per heavy atom. The van der Waals surface area contributed by atoms with Crippen LogP contribution in [-0.4, -0.2) is 215 Å². The van der Waals surface area contributed by atoms with E-state index in [2.05, 4.69) is 52.7 Å². The molecule has 4 saturated heterocycles. The fourth-order valence-corrected chi connectivity index (χ4v) is 14.5. The number of benzene rings is 6. The summed E-state index contributed by atoms with van der Waals surface area (Å²) < 4.78 is 97.6.